The molecule has 2 unspecified atom stereocenters. The van der Waals surface area contributed by atoms with Gasteiger partial charge in [0.1, 0.15) is 6.04 Å². The molecule has 3 atom stereocenters. The highest BCUT2D eigenvalue weighted by Crippen LogP contribution is 2.26. The molecule has 2 aliphatic heterocycles. The van der Waals surface area contributed by atoms with Gasteiger partial charge >= 0.3 is 0 Å². The Kier molecular flexibility index (Phi) is 5.87. The molecule has 0 radical (unpaired) electrons. The molecule has 0 aromatic carbocycles. The first-order valence-corrected chi connectivity index (χ1v) is 8.99. The van der Waals surface area contributed by atoms with Crippen LogP contribution >= 0.6 is 0 Å². The quantitative estimate of drug-likeness (QED) is 0.803. The zero-order valence-corrected chi connectivity index (χ0v) is 13.9. The van der Waals surface area contributed by atoms with E-state index in [1.54, 1.807) is 4.90 Å². The summed E-state index contributed by atoms with van der Waals surface area (Å²) in [6, 6.07) is 2.48. The standard InChI is InChI=1S/C17H28N4O2/c18-11-16-2-1-5-21(16)17(22)12-19-15-4-3-14(10-15)13-20-6-8-23-9-7-20/h14-16,19H,1-10,12-13H2/t14?,15?,16-/m0/s1. The maximum absolute atomic E-state index is 12.3. The molecular formula is C17H28N4O2. The smallest absolute Gasteiger partial charge is 0.237 e. The zero-order valence-electron chi connectivity index (χ0n) is 13.9. The number of hydrogen-bond acceptors (Lipinski definition) is 5. The summed E-state index contributed by atoms with van der Waals surface area (Å²) in [7, 11) is 0. The molecule has 2 heterocycles. The summed E-state index contributed by atoms with van der Waals surface area (Å²) in [5.41, 5.74) is 0. The lowest BCUT2D eigenvalue weighted by molar-refractivity contribution is -0.130. The fourth-order valence-corrected chi connectivity index (χ4v) is 4.11. The minimum absolute atomic E-state index is 0.0886. The Morgan fingerprint density at radius 3 is 2.83 bits per heavy atom. The van der Waals surface area contributed by atoms with Gasteiger partial charge in [-0.3, -0.25) is 9.69 Å². The molecular weight excluding hydrogens is 292 g/mol. The Morgan fingerprint density at radius 1 is 1.22 bits per heavy atom. The van der Waals surface area contributed by atoms with Crippen LogP contribution in [0.2, 0.25) is 0 Å². The molecule has 1 saturated carbocycles. The monoisotopic (exact) mass is 320 g/mol. The van der Waals surface area contributed by atoms with Crippen molar-refractivity contribution in [2.45, 2.75) is 44.2 Å². The molecule has 3 fully saturated rings. The maximum Gasteiger partial charge on any atom is 0.237 e. The van der Waals surface area contributed by atoms with Gasteiger partial charge in [0.2, 0.25) is 5.91 Å². The number of likely N-dealkylation sites (tertiary alicyclic amines) is 1. The molecule has 1 N–H and O–H groups in total. The molecule has 2 saturated heterocycles. The van der Waals surface area contributed by atoms with Crippen LogP contribution in [0.1, 0.15) is 32.1 Å². The topological polar surface area (TPSA) is 68.6 Å². The normalized spacial score (nSPS) is 32.1. The van der Waals surface area contributed by atoms with Gasteiger partial charge < -0.3 is 15.0 Å². The van der Waals surface area contributed by atoms with E-state index < -0.39 is 0 Å². The summed E-state index contributed by atoms with van der Waals surface area (Å²) in [4.78, 5) is 16.5. The highest BCUT2D eigenvalue weighted by atomic mass is 16.5. The highest BCUT2D eigenvalue weighted by Gasteiger charge is 2.30. The van der Waals surface area contributed by atoms with Crippen molar-refractivity contribution in [2.24, 2.45) is 5.92 Å². The molecule has 0 bridgehead atoms. The summed E-state index contributed by atoms with van der Waals surface area (Å²) in [6.45, 7) is 6.11. The number of nitrogens with one attached hydrogen (secondary N) is 1. The van der Waals surface area contributed by atoms with Crippen molar-refractivity contribution < 1.29 is 9.53 Å². The van der Waals surface area contributed by atoms with E-state index in [0.717, 1.165) is 71.0 Å². The van der Waals surface area contributed by atoms with Gasteiger partial charge in [0.25, 0.3) is 0 Å². The van der Waals surface area contributed by atoms with Gasteiger partial charge in [0, 0.05) is 32.2 Å². The number of rotatable bonds is 5. The van der Waals surface area contributed by atoms with Crippen molar-refractivity contribution in [3.05, 3.63) is 0 Å². The number of nitrogens with zero attached hydrogens (tertiary/aromatic N) is 3. The molecule has 6 heteroatoms. The SMILES string of the molecule is N#C[C@@H]1CCCN1C(=O)CNC1CCC(CN2CCOCC2)C1. The predicted octanol–water partition coefficient (Wildman–Crippen LogP) is 0.591. The lowest BCUT2D eigenvalue weighted by atomic mass is 10.1. The van der Waals surface area contributed by atoms with Gasteiger partial charge in [0.05, 0.1) is 25.8 Å². The van der Waals surface area contributed by atoms with Crippen LogP contribution in [0.15, 0.2) is 0 Å². The fourth-order valence-electron chi connectivity index (χ4n) is 4.11. The summed E-state index contributed by atoms with van der Waals surface area (Å²) < 4.78 is 5.40. The van der Waals surface area contributed by atoms with Gasteiger partial charge in [-0.05, 0) is 38.0 Å². The van der Waals surface area contributed by atoms with Crippen molar-refractivity contribution in [3.8, 4) is 6.07 Å². The Morgan fingerprint density at radius 2 is 2.04 bits per heavy atom. The third-order valence-electron chi connectivity index (χ3n) is 5.43. The number of carbonyl (C=O) groups excluding carboxylic acids is 1. The average Bonchev–Trinajstić information content (AvgIpc) is 3.22. The van der Waals surface area contributed by atoms with E-state index in [1.807, 2.05) is 0 Å². The molecule has 1 aliphatic carbocycles. The van der Waals surface area contributed by atoms with Gasteiger partial charge in [-0.2, -0.15) is 5.26 Å². The average molecular weight is 320 g/mol. The molecule has 0 aromatic heterocycles. The van der Waals surface area contributed by atoms with Crippen LogP contribution in [0.5, 0.6) is 0 Å². The number of morpholine rings is 1. The van der Waals surface area contributed by atoms with Crippen molar-refractivity contribution in [1.29, 1.82) is 5.26 Å². The van der Waals surface area contributed by atoms with Crippen molar-refractivity contribution in [1.82, 2.24) is 15.1 Å². The predicted molar refractivity (Wildman–Crippen MR) is 86.7 cm³/mol. The summed E-state index contributed by atoms with van der Waals surface area (Å²) in [5.74, 6) is 0.824. The van der Waals surface area contributed by atoms with Crippen LogP contribution in [0.25, 0.3) is 0 Å². The van der Waals surface area contributed by atoms with Gasteiger partial charge in [-0.1, -0.05) is 0 Å². The van der Waals surface area contributed by atoms with Gasteiger partial charge in [-0.15, -0.1) is 0 Å². The molecule has 128 valence electrons. The molecule has 0 spiro atoms. The number of nitriles is 1. The van der Waals surface area contributed by atoms with E-state index in [-0.39, 0.29) is 11.9 Å². The van der Waals surface area contributed by atoms with Crippen molar-refractivity contribution in [2.75, 3.05) is 45.9 Å². The lowest BCUT2D eigenvalue weighted by Crippen LogP contribution is -2.43. The van der Waals surface area contributed by atoms with Gasteiger partial charge in [-0.25, -0.2) is 0 Å². The van der Waals surface area contributed by atoms with E-state index in [2.05, 4.69) is 16.3 Å². The number of carbonyl (C=O) groups is 1. The molecule has 6 nitrogen and oxygen atoms in total. The number of ether oxygens (including phenoxy) is 1. The van der Waals surface area contributed by atoms with Crippen LogP contribution in [-0.4, -0.2) is 73.7 Å². The Bertz CT molecular complexity index is 444. The molecule has 1 amide bonds. The van der Waals surface area contributed by atoms with E-state index >= 15 is 0 Å². The molecule has 3 aliphatic rings. The molecule has 3 rings (SSSR count). The van der Waals surface area contributed by atoms with E-state index in [0.29, 0.717) is 12.6 Å². The first-order valence-electron chi connectivity index (χ1n) is 8.99. The summed E-state index contributed by atoms with van der Waals surface area (Å²) in [6.07, 6.45) is 5.34. The van der Waals surface area contributed by atoms with Crippen LogP contribution in [0, 0.1) is 17.2 Å². The number of hydrogen-bond donors (Lipinski definition) is 1. The third-order valence-corrected chi connectivity index (χ3v) is 5.43. The minimum Gasteiger partial charge on any atom is -0.379 e. The van der Waals surface area contributed by atoms with Crippen molar-refractivity contribution in [3.63, 3.8) is 0 Å². The van der Waals surface area contributed by atoms with E-state index in [1.165, 1.54) is 6.42 Å². The second kappa shape index (κ2) is 8.09. The minimum atomic E-state index is -0.207. The van der Waals surface area contributed by atoms with Crippen molar-refractivity contribution >= 4 is 5.91 Å². The van der Waals surface area contributed by atoms with Crippen LogP contribution in [-0.2, 0) is 9.53 Å². The van der Waals surface area contributed by atoms with E-state index in [9.17, 15) is 4.79 Å². The van der Waals surface area contributed by atoms with Gasteiger partial charge in [0.15, 0.2) is 0 Å². The Labute approximate surface area is 138 Å². The molecule has 0 aromatic rings. The third kappa shape index (κ3) is 4.43. The van der Waals surface area contributed by atoms with Crippen LogP contribution < -0.4 is 5.32 Å². The summed E-state index contributed by atoms with van der Waals surface area (Å²) in [5, 5.41) is 12.5. The van der Waals surface area contributed by atoms with Crippen LogP contribution in [0.4, 0.5) is 0 Å². The van der Waals surface area contributed by atoms with Crippen LogP contribution in [0.3, 0.4) is 0 Å². The fraction of sp³-hybridized carbons (Fsp3) is 0.882. The Hall–Kier alpha value is -1.16. The molecule has 23 heavy (non-hydrogen) atoms. The maximum atomic E-state index is 12.3. The largest absolute Gasteiger partial charge is 0.379 e. The first-order chi connectivity index (χ1) is 11.3. The second-order valence-corrected chi connectivity index (χ2v) is 7.04. The second-order valence-electron chi connectivity index (χ2n) is 7.04. The summed E-state index contributed by atoms with van der Waals surface area (Å²) >= 11 is 0. The highest BCUT2D eigenvalue weighted by molar-refractivity contribution is 5.79. The Balaban J connectivity index is 1.36. The first kappa shape index (κ1) is 16.7. The lowest BCUT2D eigenvalue weighted by Gasteiger charge is -2.29. The number of amides is 1. The zero-order chi connectivity index (χ0) is 16.1. The van der Waals surface area contributed by atoms with E-state index in [4.69, 9.17) is 10.00 Å².